The molecule has 1 saturated carbocycles. The smallest absolute Gasteiger partial charge is 0.140 e. The van der Waals surface area contributed by atoms with Gasteiger partial charge >= 0.3 is 0 Å². The lowest BCUT2D eigenvalue weighted by atomic mass is 9.80. The van der Waals surface area contributed by atoms with Gasteiger partial charge in [0.1, 0.15) is 5.78 Å². The lowest BCUT2D eigenvalue weighted by Crippen LogP contribution is -2.23. The van der Waals surface area contributed by atoms with Crippen molar-refractivity contribution < 1.29 is 4.79 Å². The number of ketones is 1. The number of carbonyl (C=O) groups is 1. The monoisotopic (exact) mass is 315 g/mol. The number of rotatable bonds is 5. The van der Waals surface area contributed by atoms with E-state index in [0.717, 1.165) is 41.4 Å². The topological polar surface area (TPSA) is 30.0 Å². The number of Topliss-reactive ketones (excluding diaryl/α,β-unsaturated/α-hetero) is 1. The number of pyridine rings is 1. The number of para-hydroxylation sites is 1. The van der Waals surface area contributed by atoms with Gasteiger partial charge in [-0.05, 0) is 36.1 Å². The van der Waals surface area contributed by atoms with Crippen LogP contribution in [0.3, 0.4) is 0 Å². The normalized spacial score (nSPS) is 14.5. The molecule has 1 aliphatic carbocycles. The molecule has 1 aliphatic rings. The predicted octanol–water partition coefficient (Wildman–Crippen LogP) is 4.74. The van der Waals surface area contributed by atoms with Crippen molar-refractivity contribution >= 4 is 16.7 Å². The molecule has 1 fully saturated rings. The van der Waals surface area contributed by atoms with Crippen molar-refractivity contribution in [1.82, 2.24) is 4.98 Å². The van der Waals surface area contributed by atoms with E-state index in [9.17, 15) is 4.79 Å². The molecule has 3 aromatic rings. The number of hydrogen-bond acceptors (Lipinski definition) is 2. The van der Waals surface area contributed by atoms with Crippen LogP contribution in [0.4, 0.5) is 0 Å². The standard InChI is InChI=1S/C22H21NO/c24-22(17-9-6-10-17)15-18-14-19(13-16-7-2-1-3-8-16)23-21-12-5-4-11-20(18)21/h1-5,7-8,11-12,14,17H,6,9-10,13,15H2. The van der Waals surface area contributed by atoms with Crippen molar-refractivity contribution in [1.29, 1.82) is 0 Å². The Morgan fingerprint density at radius 2 is 1.75 bits per heavy atom. The van der Waals surface area contributed by atoms with Crippen LogP contribution in [-0.4, -0.2) is 10.8 Å². The second kappa shape index (κ2) is 6.56. The van der Waals surface area contributed by atoms with Crippen molar-refractivity contribution in [2.75, 3.05) is 0 Å². The van der Waals surface area contributed by atoms with Crippen LogP contribution in [0.25, 0.3) is 10.9 Å². The van der Waals surface area contributed by atoms with E-state index in [2.05, 4.69) is 36.4 Å². The number of aromatic nitrogens is 1. The van der Waals surface area contributed by atoms with Gasteiger partial charge in [0.2, 0.25) is 0 Å². The molecular weight excluding hydrogens is 294 g/mol. The fraction of sp³-hybridized carbons (Fsp3) is 0.273. The zero-order valence-corrected chi connectivity index (χ0v) is 13.7. The molecule has 0 radical (unpaired) electrons. The Morgan fingerprint density at radius 3 is 2.50 bits per heavy atom. The Kier molecular flexibility index (Phi) is 4.12. The second-order valence-corrected chi connectivity index (χ2v) is 6.72. The average Bonchev–Trinajstić information content (AvgIpc) is 2.54. The van der Waals surface area contributed by atoms with E-state index in [4.69, 9.17) is 4.98 Å². The van der Waals surface area contributed by atoms with E-state index < -0.39 is 0 Å². The molecule has 0 saturated heterocycles. The second-order valence-electron chi connectivity index (χ2n) is 6.72. The van der Waals surface area contributed by atoms with Gasteiger partial charge in [-0.2, -0.15) is 0 Å². The summed E-state index contributed by atoms with van der Waals surface area (Å²) in [5.74, 6) is 0.678. The van der Waals surface area contributed by atoms with E-state index in [1.807, 2.05) is 24.3 Å². The van der Waals surface area contributed by atoms with Crippen LogP contribution in [0.2, 0.25) is 0 Å². The first kappa shape index (κ1) is 15.1. The Morgan fingerprint density at radius 1 is 1.00 bits per heavy atom. The molecule has 0 atom stereocenters. The van der Waals surface area contributed by atoms with Gasteiger partial charge in [0.25, 0.3) is 0 Å². The Bertz CT molecular complexity index is 866. The van der Waals surface area contributed by atoms with E-state index in [1.54, 1.807) is 0 Å². The van der Waals surface area contributed by atoms with Gasteiger partial charge in [0.05, 0.1) is 5.52 Å². The summed E-state index contributed by atoms with van der Waals surface area (Å²) in [5, 5.41) is 1.11. The van der Waals surface area contributed by atoms with Crippen LogP contribution in [0, 0.1) is 5.92 Å². The van der Waals surface area contributed by atoms with Crippen LogP contribution in [0.5, 0.6) is 0 Å². The fourth-order valence-corrected chi connectivity index (χ4v) is 3.41. The number of benzene rings is 2. The lowest BCUT2D eigenvalue weighted by molar-refractivity contribution is -0.124. The summed E-state index contributed by atoms with van der Waals surface area (Å²) in [7, 11) is 0. The van der Waals surface area contributed by atoms with Crippen LogP contribution in [0.15, 0.2) is 60.7 Å². The SMILES string of the molecule is O=C(Cc1cc(Cc2ccccc2)nc2ccccc12)C1CCC1. The molecule has 0 unspecified atom stereocenters. The minimum Gasteiger partial charge on any atom is -0.299 e. The third kappa shape index (κ3) is 3.09. The summed E-state index contributed by atoms with van der Waals surface area (Å²) in [4.78, 5) is 17.3. The number of carbonyl (C=O) groups excluding carboxylic acids is 1. The summed E-state index contributed by atoms with van der Waals surface area (Å²) >= 11 is 0. The molecule has 0 spiro atoms. The van der Waals surface area contributed by atoms with Crippen molar-refractivity contribution in [2.45, 2.75) is 32.1 Å². The van der Waals surface area contributed by atoms with Crippen LogP contribution < -0.4 is 0 Å². The maximum absolute atomic E-state index is 12.5. The van der Waals surface area contributed by atoms with Gasteiger partial charge in [0, 0.05) is 29.8 Å². The molecule has 0 aliphatic heterocycles. The van der Waals surface area contributed by atoms with Crippen molar-refractivity contribution in [3.8, 4) is 0 Å². The third-order valence-corrected chi connectivity index (χ3v) is 5.01. The summed E-state index contributed by atoms with van der Waals surface area (Å²) in [6.45, 7) is 0. The Hall–Kier alpha value is -2.48. The fourth-order valence-electron chi connectivity index (χ4n) is 3.41. The lowest BCUT2D eigenvalue weighted by Gasteiger charge is -2.24. The largest absolute Gasteiger partial charge is 0.299 e. The molecule has 4 rings (SSSR count). The van der Waals surface area contributed by atoms with Crippen LogP contribution >= 0.6 is 0 Å². The van der Waals surface area contributed by atoms with Crippen LogP contribution in [-0.2, 0) is 17.6 Å². The molecule has 0 amide bonds. The van der Waals surface area contributed by atoms with E-state index in [0.29, 0.717) is 12.2 Å². The molecule has 0 bridgehead atoms. The number of fused-ring (bicyclic) bond motifs is 1. The van der Waals surface area contributed by atoms with E-state index >= 15 is 0 Å². The first-order chi connectivity index (χ1) is 11.8. The molecule has 2 nitrogen and oxygen atoms in total. The van der Waals surface area contributed by atoms with Gasteiger partial charge in [-0.3, -0.25) is 9.78 Å². The van der Waals surface area contributed by atoms with Gasteiger partial charge in [-0.1, -0.05) is 55.0 Å². The summed E-state index contributed by atoms with van der Waals surface area (Å²) < 4.78 is 0. The summed E-state index contributed by atoms with van der Waals surface area (Å²) in [6, 6.07) is 20.7. The number of hydrogen-bond donors (Lipinski definition) is 0. The highest BCUT2D eigenvalue weighted by molar-refractivity contribution is 5.90. The maximum Gasteiger partial charge on any atom is 0.140 e. The summed E-state index contributed by atoms with van der Waals surface area (Å²) in [6.07, 6.45) is 4.68. The molecule has 0 N–H and O–H groups in total. The first-order valence-electron chi connectivity index (χ1n) is 8.74. The van der Waals surface area contributed by atoms with Crippen LogP contribution in [0.1, 0.15) is 36.1 Å². The maximum atomic E-state index is 12.5. The zero-order valence-electron chi connectivity index (χ0n) is 13.7. The minimum absolute atomic E-state index is 0.287. The van der Waals surface area contributed by atoms with Gasteiger partial charge in [0.15, 0.2) is 0 Å². The highest BCUT2D eigenvalue weighted by atomic mass is 16.1. The molecule has 2 aromatic carbocycles. The van der Waals surface area contributed by atoms with Crippen molar-refractivity contribution in [2.24, 2.45) is 5.92 Å². The molecule has 1 heterocycles. The molecule has 120 valence electrons. The Labute approximate surface area is 142 Å². The van der Waals surface area contributed by atoms with Crippen molar-refractivity contribution in [3.05, 3.63) is 77.5 Å². The number of nitrogens with zero attached hydrogens (tertiary/aromatic N) is 1. The molecule has 2 heteroatoms. The quantitative estimate of drug-likeness (QED) is 0.681. The van der Waals surface area contributed by atoms with E-state index in [1.165, 1.54) is 12.0 Å². The molecular formula is C22H21NO. The molecule has 1 aromatic heterocycles. The third-order valence-electron chi connectivity index (χ3n) is 5.01. The molecule has 24 heavy (non-hydrogen) atoms. The van der Waals surface area contributed by atoms with Gasteiger partial charge in [-0.25, -0.2) is 0 Å². The Balaban J connectivity index is 1.69. The zero-order chi connectivity index (χ0) is 16.4. The first-order valence-corrected chi connectivity index (χ1v) is 8.74. The van der Waals surface area contributed by atoms with Gasteiger partial charge in [-0.15, -0.1) is 0 Å². The van der Waals surface area contributed by atoms with Gasteiger partial charge < -0.3 is 0 Å². The predicted molar refractivity (Wildman–Crippen MR) is 97.0 cm³/mol. The average molecular weight is 315 g/mol. The highest BCUT2D eigenvalue weighted by Gasteiger charge is 2.25. The van der Waals surface area contributed by atoms with E-state index in [-0.39, 0.29) is 5.92 Å². The minimum atomic E-state index is 0.287. The summed E-state index contributed by atoms with van der Waals surface area (Å²) in [5.41, 5.74) is 4.40. The highest BCUT2D eigenvalue weighted by Crippen LogP contribution is 2.29. The van der Waals surface area contributed by atoms with Crippen molar-refractivity contribution in [3.63, 3.8) is 0 Å².